The van der Waals surface area contributed by atoms with Gasteiger partial charge in [0.1, 0.15) is 5.60 Å². The van der Waals surface area contributed by atoms with Crippen LogP contribution in [0.5, 0.6) is 0 Å². The standard InChI is InChI=1S/C9H14BF3NO2.K/c1-9(2,3)16-8(15)14-5-7(6-14)4-10(11,12)13;/h4H,5-6H2,1-3H3;/q-1;+1. The Morgan fingerprint density at radius 3 is 2.18 bits per heavy atom. The Bertz CT molecular complexity index is 317. The van der Waals surface area contributed by atoms with E-state index in [4.69, 9.17) is 4.74 Å². The van der Waals surface area contributed by atoms with Gasteiger partial charge in [0.05, 0.1) is 0 Å². The van der Waals surface area contributed by atoms with Crippen LogP contribution < -0.4 is 51.4 Å². The van der Waals surface area contributed by atoms with Gasteiger partial charge in [0.25, 0.3) is 0 Å². The van der Waals surface area contributed by atoms with Gasteiger partial charge in [-0.25, -0.2) is 4.79 Å². The van der Waals surface area contributed by atoms with Crippen LogP contribution in [0.15, 0.2) is 11.5 Å². The molecule has 0 bridgehead atoms. The van der Waals surface area contributed by atoms with E-state index in [0.29, 0.717) is 5.98 Å². The average molecular weight is 275 g/mol. The summed E-state index contributed by atoms with van der Waals surface area (Å²) in [6, 6.07) is 0. The van der Waals surface area contributed by atoms with Crippen LogP contribution in [-0.4, -0.2) is 36.7 Å². The SMILES string of the molecule is CC(C)(C)OC(=O)N1CC(=C[B-](F)(F)F)C1.[K+]. The van der Waals surface area contributed by atoms with Crippen molar-refractivity contribution in [2.75, 3.05) is 13.1 Å². The molecular formula is C9H14BF3KNO2. The van der Waals surface area contributed by atoms with E-state index in [1.54, 1.807) is 20.8 Å². The van der Waals surface area contributed by atoms with Crippen LogP contribution in [-0.2, 0) is 4.74 Å². The molecule has 0 aromatic carbocycles. The van der Waals surface area contributed by atoms with Crippen LogP contribution in [0.25, 0.3) is 0 Å². The Kier molecular flexibility index (Phi) is 6.28. The third-order valence-corrected chi connectivity index (χ3v) is 1.86. The van der Waals surface area contributed by atoms with E-state index >= 15 is 0 Å². The Balaban J connectivity index is 0.00000256. The van der Waals surface area contributed by atoms with Crippen molar-refractivity contribution in [1.29, 1.82) is 0 Å². The molecule has 1 aliphatic rings. The number of rotatable bonds is 1. The Morgan fingerprint density at radius 1 is 1.35 bits per heavy atom. The third kappa shape index (κ3) is 6.85. The molecule has 0 unspecified atom stereocenters. The summed E-state index contributed by atoms with van der Waals surface area (Å²) in [4.78, 5) is 12.6. The first kappa shape index (κ1) is 17.5. The molecule has 0 N–H and O–H groups in total. The maximum atomic E-state index is 12.0. The van der Waals surface area contributed by atoms with E-state index in [1.807, 2.05) is 0 Å². The van der Waals surface area contributed by atoms with Crippen molar-refractivity contribution in [1.82, 2.24) is 4.90 Å². The number of carbonyl (C=O) groups is 1. The molecule has 1 saturated heterocycles. The van der Waals surface area contributed by atoms with Crippen molar-refractivity contribution in [3.05, 3.63) is 11.5 Å². The van der Waals surface area contributed by atoms with E-state index in [2.05, 4.69) is 0 Å². The zero-order valence-corrected chi connectivity index (χ0v) is 13.6. The van der Waals surface area contributed by atoms with Crippen molar-refractivity contribution in [2.45, 2.75) is 26.4 Å². The summed E-state index contributed by atoms with van der Waals surface area (Å²) in [6.07, 6.45) is -0.570. The van der Waals surface area contributed by atoms with Gasteiger partial charge in [-0.05, 0) is 20.8 Å². The zero-order chi connectivity index (χ0) is 12.6. The monoisotopic (exact) mass is 275 g/mol. The van der Waals surface area contributed by atoms with E-state index in [9.17, 15) is 17.7 Å². The summed E-state index contributed by atoms with van der Waals surface area (Å²) in [7, 11) is 0. The second-order valence-corrected chi connectivity index (χ2v) is 4.79. The fourth-order valence-corrected chi connectivity index (χ4v) is 1.27. The molecule has 0 radical (unpaired) electrons. The summed E-state index contributed by atoms with van der Waals surface area (Å²) >= 11 is 0. The third-order valence-electron chi connectivity index (χ3n) is 1.86. The Morgan fingerprint density at radius 2 is 1.82 bits per heavy atom. The molecule has 0 aliphatic carbocycles. The molecule has 1 fully saturated rings. The summed E-state index contributed by atoms with van der Waals surface area (Å²) < 4.78 is 40.9. The van der Waals surface area contributed by atoms with Crippen molar-refractivity contribution in [3.63, 3.8) is 0 Å². The number of halogens is 3. The van der Waals surface area contributed by atoms with Crippen LogP contribution in [0.2, 0.25) is 0 Å². The second kappa shape index (κ2) is 6.10. The summed E-state index contributed by atoms with van der Waals surface area (Å²) in [5, 5.41) is 0. The molecule has 0 saturated carbocycles. The minimum Gasteiger partial charge on any atom is -0.445 e. The van der Waals surface area contributed by atoms with E-state index in [-0.39, 0.29) is 70.0 Å². The Labute approximate surface area is 141 Å². The molecule has 0 aromatic heterocycles. The van der Waals surface area contributed by atoms with Gasteiger partial charge in [-0.15, -0.1) is 5.98 Å². The molecule has 0 atom stereocenters. The molecule has 0 aromatic rings. The molecule has 8 heteroatoms. The van der Waals surface area contributed by atoms with Crippen molar-refractivity contribution < 1.29 is 73.9 Å². The fraction of sp³-hybridized carbons (Fsp3) is 0.667. The van der Waals surface area contributed by atoms with Crippen LogP contribution >= 0.6 is 0 Å². The van der Waals surface area contributed by atoms with Crippen LogP contribution in [0, 0.1) is 0 Å². The minimum atomic E-state index is -4.91. The van der Waals surface area contributed by atoms with Crippen LogP contribution in [0.3, 0.4) is 0 Å². The zero-order valence-electron chi connectivity index (χ0n) is 10.5. The molecule has 3 nitrogen and oxygen atoms in total. The molecule has 1 rings (SSSR count). The first-order valence-electron chi connectivity index (χ1n) is 4.95. The average Bonchev–Trinajstić information content (AvgIpc) is 1.89. The number of amides is 1. The molecule has 1 heterocycles. The van der Waals surface area contributed by atoms with Gasteiger partial charge in [-0.2, -0.15) is 0 Å². The predicted molar refractivity (Wildman–Crippen MR) is 55.0 cm³/mol. The topological polar surface area (TPSA) is 29.5 Å². The summed E-state index contributed by atoms with van der Waals surface area (Å²) in [5.41, 5.74) is -0.400. The Hall–Kier alpha value is 0.501. The van der Waals surface area contributed by atoms with E-state index in [0.717, 1.165) is 0 Å². The largest absolute Gasteiger partial charge is 1.00 e. The van der Waals surface area contributed by atoms with Crippen molar-refractivity contribution in [2.24, 2.45) is 0 Å². The minimum absolute atomic E-state index is 0. The maximum Gasteiger partial charge on any atom is 1.00 e. The van der Waals surface area contributed by atoms with Gasteiger partial charge in [0.2, 0.25) is 0 Å². The number of carbonyl (C=O) groups excluding carboxylic acids is 1. The first-order valence-corrected chi connectivity index (χ1v) is 4.95. The first-order chi connectivity index (χ1) is 7.07. The summed E-state index contributed by atoms with van der Waals surface area (Å²) in [5.74, 6) is 0.293. The molecule has 1 amide bonds. The fourth-order valence-electron chi connectivity index (χ4n) is 1.27. The normalized spacial score (nSPS) is 15.9. The quantitative estimate of drug-likeness (QED) is 0.607. The molecular weight excluding hydrogens is 261 g/mol. The van der Waals surface area contributed by atoms with Crippen molar-refractivity contribution >= 4 is 13.1 Å². The van der Waals surface area contributed by atoms with Gasteiger partial charge in [0, 0.05) is 13.1 Å². The van der Waals surface area contributed by atoms with Gasteiger partial charge >= 0.3 is 64.5 Å². The molecule has 92 valence electrons. The molecule has 17 heavy (non-hydrogen) atoms. The number of nitrogens with zero attached hydrogens (tertiary/aromatic N) is 1. The maximum absolute atomic E-state index is 12.0. The number of hydrogen-bond donors (Lipinski definition) is 0. The predicted octanol–water partition coefficient (Wildman–Crippen LogP) is -0.446. The van der Waals surface area contributed by atoms with Gasteiger partial charge in [0.15, 0.2) is 0 Å². The summed E-state index contributed by atoms with van der Waals surface area (Å²) in [6.45, 7) is 0.236. The van der Waals surface area contributed by atoms with Crippen LogP contribution in [0.4, 0.5) is 17.7 Å². The van der Waals surface area contributed by atoms with Crippen molar-refractivity contribution in [3.8, 4) is 0 Å². The van der Waals surface area contributed by atoms with Gasteiger partial charge in [-0.3, -0.25) is 0 Å². The molecule has 0 spiro atoms. The number of hydrogen-bond acceptors (Lipinski definition) is 2. The number of ether oxygens (including phenoxy) is 1. The smallest absolute Gasteiger partial charge is 0.445 e. The van der Waals surface area contributed by atoms with E-state index < -0.39 is 18.7 Å². The number of likely N-dealkylation sites (tertiary alicyclic amines) is 1. The van der Waals surface area contributed by atoms with Gasteiger partial charge in [-0.1, -0.05) is 5.57 Å². The molecule has 1 aliphatic heterocycles. The van der Waals surface area contributed by atoms with E-state index in [1.165, 1.54) is 4.90 Å². The van der Waals surface area contributed by atoms with Gasteiger partial charge < -0.3 is 22.6 Å². The second-order valence-electron chi connectivity index (χ2n) is 4.79. The van der Waals surface area contributed by atoms with Crippen LogP contribution in [0.1, 0.15) is 20.8 Å².